The Morgan fingerprint density at radius 1 is 1.08 bits per heavy atom. The van der Waals surface area contributed by atoms with E-state index < -0.39 is 0 Å². The van der Waals surface area contributed by atoms with E-state index >= 15 is 0 Å². The number of carbonyl (C=O) groups excluding carboxylic acids is 1. The molecule has 24 heavy (non-hydrogen) atoms. The highest BCUT2D eigenvalue weighted by Gasteiger charge is 2.15. The van der Waals surface area contributed by atoms with Gasteiger partial charge in [0.1, 0.15) is 5.75 Å². The number of nitrogens with one attached hydrogen (secondary N) is 1. The fourth-order valence-electron chi connectivity index (χ4n) is 3.24. The fourth-order valence-corrected chi connectivity index (χ4v) is 3.24. The number of hydrogen-bond donors (Lipinski definition) is 1. The van der Waals surface area contributed by atoms with Crippen LogP contribution in [0.15, 0.2) is 48.5 Å². The Morgan fingerprint density at radius 2 is 1.88 bits per heavy atom. The highest BCUT2D eigenvalue weighted by Crippen LogP contribution is 2.29. The van der Waals surface area contributed by atoms with E-state index in [4.69, 9.17) is 4.74 Å². The highest BCUT2D eigenvalue weighted by atomic mass is 16.5. The molecule has 0 saturated heterocycles. The summed E-state index contributed by atoms with van der Waals surface area (Å²) >= 11 is 0. The number of rotatable bonds is 6. The zero-order valence-corrected chi connectivity index (χ0v) is 14.3. The summed E-state index contributed by atoms with van der Waals surface area (Å²) in [5, 5.41) is 2.97. The Labute approximate surface area is 144 Å². The van der Waals surface area contributed by atoms with Gasteiger partial charge >= 0.3 is 0 Å². The first-order valence-electron chi connectivity index (χ1n) is 8.79. The minimum Gasteiger partial charge on any atom is -0.483 e. The Bertz CT molecular complexity index is 681. The molecule has 3 heteroatoms. The normalized spacial score (nSPS) is 14.5. The van der Waals surface area contributed by atoms with Crippen LogP contribution in [0.2, 0.25) is 0 Å². The van der Waals surface area contributed by atoms with Crippen molar-refractivity contribution in [3.63, 3.8) is 0 Å². The van der Waals surface area contributed by atoms with Crippen LogP contribution in [0.25, 0.3) is 0 Å². The van der Waals surface area contributed by atoms with Crippen LogP contribution >= 0.6 is 0 Å². The summed E-state index contributed by atoms with van der Waals surface area (Å²) in [6, 6.07) is 16.4. The smallest absolute Gasteiger partial charge is 0.257 e. The van der Waals surface area contributed by atoms with Crippen molar-refractivity contribution in [3.8, 4) is 5.75 Å². The molecule has 0 heterocycles. The minimum atomic E-state index is -0.0637. The predicted molar refractivity (Wildman–Crippen MR) is 96.4 cm³/mol. The number of benzene rings is 2. The molecule has 1 atom stereocenters. The fraction of sp³-hybridized carbons (Fsp3) is 0.381. The van der Waals surface area contributed by atoms with Gasteiger partial charge in [-0.2, -0.15) is 0 Å². The first-order chi connectivity index (χ1) is 11.7. The van der Waals surface area contributed by atoms with Crippen LogP contribution in [0.5, 0.6) is 5.75 Å². The van der Waals surface area contributed by atoms with Crippen molar-refractivity contribution in [2.24, 2.45) is 0 Å². The lowest BCUT2D eigenvalue weighted by Gasteiger charge is -2.19. The van der Waals surface area contributed by atoms with Crippen molar-refractivity contribution in [1.29, 1.82) is 0 Å². The van der Waals surface area contributed by atoms with Gasteiger partial charge in [-0.1, -0.05) is 49.4 Å². The number of carbonyl (C=O) groups is 1. The molecule has 1 aliphatic carbocycles. The summed E-state index contributed by atoms with van der Waals surface area (Å²) < 4.78 is 5.79. The third-order valence-electron chi connectivity index (χ3n) is 4.69. The summed E-state index contributed by atoms with van der Waals surface area (Å²) in [4.78, 5) is 12.1. The van der Waals surface area contributed by atoms with Crippen LogP contribution in [0.4, 0.5) is 0 Å². The zero-order valence-electron chi connectivity index (χ0n) is 14.3. The molecule has 2 aromatic carbocycles. The van der Waals surface area contributed by atoms with E-state index in [1.54, 1.807) is 0 Å². The molecule has 1 aliphatic rings. The second-order valence-electron chi connectivity index (χ2n) is 6.51. The Balaban J connectivity index is 1.50. The molecule has 0 bridgehead atoms. The van der Waals surface area contributed by atoms with E-state index in [0.717, 1.165) is 18.6 Å². The lowest BCUT2D eigenvalue weighted by atomic mass is 9.91. The predicted octanol–water partition coefficient (Wildman–Crippen LogP) is 3.86. The quantitative estimate of drug-likeness (QED) is 0.876. The molecule has 1 amide bonds. The first-order valence-corrected chi connectivity index (χ1v) is 8.79. The lowest BCUT2D eigenvalue weighted by molar-refractivity contribution is -0.123. The van der Waals surface area contributed by atoms with Crippen LogP contribution in [-0.2, 0) is 17.6 Å². The second-order valence-corrected chi connectivity index (χ2v) is 6.51. The van der Waals surface area contributed by atoms with Gasteiger partial charge in [-0.15, -0.1) is 0 Å². The molecule has 1 N–H and O–H groups in total. The van der Waals surface area contributed by atoms with Gasteiger partial charge in [-0.25, -0.2) is 0 Å². The van der Waals surface area contributed by atoms with Gasteiger partial charge in [-0.05, 0) is 54.4 Å². The van der Waals surface area contributed by atoms with Crippen molar-refractivity contribution in [2.45, 2.75) is 38.5 Å². The van der Waals surface area contributed by atoms with E-state index in [2.05, 4.69) is 30.4 Å². The second kappa shape index (κ2) is 8.00. The minimum absolute atomic E-state index is 0.0637. The molecular formula is C21H25NO2. The Morgan fingerprint density at radius 3 is 2.71 bits per heavy atom. The molecule has 0 aromatic heterocycles. The SMILES string of the molecule is C[C@@H](CNC(=O)COc1cccc2c1CCCC2)c1ccccc1. The van der Waals surface area contributed by atoms with Gasteiger partial charge in [0.2, 0.25) is 0 Å². The molecule has 126 valence electrons. The Kier molecular flexibility index (Phi) is 5.52. The van der Waals surface area contributed by atoms with Crippen molar-refractivity contribution in [2.75, 3.05) is 13.2 Å². The third-order valence-corrected chi connectivity index (χ3v) is 4.69. The molecule has 0 fully saturated rings. The summed E-state index contributed by atoms with van der Waals surface area (Å²) in [7, 11) is 0. The summed E-state index contributed by atoms with van der Waals surface area (Å²) in [6.07, 6.45) is 4.62. The molecule has 0 radical (unpaired) electrons. The van der Waals surface area contributed by atoms with Gasteiger partial charge in [0, 0.05) is 6.54 Å². The van der Waals surface area contributed by atoms with Crippen molar-refractivity contribution in [1.82, 2.24) is 5.32 Å². The largest absolute Gasteiger partial charge is 0.483 e. The number of fused-ring (bicyclic) bond motifs is 1. The average molecular weight is 323 g/mol. The standard InChI is InChI=1S/C21H25NO2/c1-16(17-8-3-2-4-9-17)14-22-21(23)15-24-20-13-7-11-18-10-5-6-12-19(18)20/h2-4,7-9,11,13,16H,5-6,10,12,14-15H2,1H3,(H,22,23)/t16-/m0/s1. The number of aryl methyl sites for hydroxylation is 1. The van der Waals surface area contributed by atoms with E-state index in [-0.39, 0.29) is 12.5 Å². The molecule has 2 aromatic rings. The number of hydrogen-bond acceptors (Lipinski definition) is 2. The van der Waals surface area contributed by atoms with Crippen LogP contribution in [0.3, 0.4) is 0 Å². The van der Waals surface area contributed by atoms with Crippen LogP contribution in [-0.4, -0.2) is 19.1 Å². The maximum atomic E-state index is 12.1. The topological polar surface area (TPSA) is 38.3 Å². The first kappa shape index (κ1) is 16.6. The summed E-state index contributed by atoms with van der Waals surface area (Å²) in [5.41, 5.74) is 3.89. The molecule has 3 rings (SSSR count). The maximum absolute atomic E-state index is 12.1. The van der Waals surface area contributed by atoms with E-state index in [0.29, 0.717) is 12.5 Å². The van der Waals surface area contributed by atoms with E-state index in [9.17, 15) is 4.79 Å². The third kappa shape index (κ3) is 4.16. The van der Waals surface area contributed by atoms with Crippen molar-refractivity contribution >= 4 is 5.91 Å². The number of ether oxygens (including phenoxy) is 1. The molecular weight excluding hydrogens is 298 g/mol. The van der Waals surface area contributed by atoms with Crippen molar-refractivity contribution in [3.05, 3.63) is 65.2 Å². The van der Waals surface area contributed by atoms with E-state index in [1.165, 1.54) is 29.5 Å². The number of amides is 1. The monoisotopic (exact) mass is 323 g/mol. The highest BCUT2D eigenvalue weighted by molar-refractivity contribution is 5.77. The maximum Gasteiger partial charge on any atom is 0.257 e. The average Bonchev–Trinajstić information content (AvgIpc) is 2.65. The molecule has 3 nitrogen and oxygen atoms in total. The van der Waals surface area contributed by atoms with Gasteiger partial charge < -0.3 is 10.1 Å². The van der Waals surface area contributed by atoms with Gasteiger partial charge in [0.05, 0.1) is 0 Å². The Hall–Kier alpha value is -2.29. The van der Waals surface area contributed by atoms with Crippen LogP contribution in [0, 0.1) is 0 Å². The molecule has 0 saturated carbocycles. The van der Waals surface area contributed by atoms with Crippen LogP contribution < -0.4 is 10.1 Å². The summed E-state index contributed by atoms with van der Waals surface area (Å²) in [5.74, 6) is 1.10. The van der Waals surface area contributed by atoms with Gasteiger partial charge in [0.25, 0.3) is 5.91 Å². The van der Waals surface area contributed by atoms with Crippen LogP contribution in [0.1, 0.15) is 42.4 Å². The zero-order chi connectivity index (χ0) is 16.8. The lowest BCUT2D eigenvalue weighted by Crippen LogP contribution is -2.32. The van der Waals surface area contributed by atoms with Crippen molar-refractivity contribution < 1.29 is 9.53 Å². The van der Waals surface area contributed by atoms with Gasteiger partial charge in [-0.3, -0.25) is 4.79 Å². The summed E-state index contributed by atoms with van der Waals surface area (Å²) in [6.45, 7) is 2.82. The molecule has 0 spiro atoms. The molecule has 0 aliphatic heterocycles. The molecule has 0 unspecified atom stereocenters. The van der Waals surface area contributed by atoms with Gasteiger partial charge in [0.15, 0.2) is 6.61 Å². The van der Waals surface area contributed by atoms with E-state index in [1.807, 2.05) is 30.3 Å².